The standard InChI is InChI=1S/C16H11NO4S2/c1-9-6-13(19)14(16(20)21-9)12(18)3-2-11-8-23-15(17-11)10-4-5-22-7-10/h2-8,14H,1H3/b3-2+. The summed E-state index contributed by atoms with van der Waals surface area (Å²) < 4.78 is 4.83. The summed E-state index contributed by atoms with van der Waals surface area (Å²) in [6.07, 6.45) is 3.86. The summed E-state index contributed by atoms with van der Waals surface area (Å²) in [5.41, 5.74) is 1.63. The molecule has 0 radical (unpaired) electrons. The van der Waals surface area contributed by atoms with Crippen LogP contribution >= 0.6 is 22.7 Å². The van der Waals surface area contributed by atoms with Crippen molar-refractivity contribution in [1.82, 2.24) is 4.98 Å². The number of cyclic esters (lactones) is 1. The Balaban J connectivity index is 1.74. The van der Waals surface area contributed by atoms with Crippen molar-refractivity contribution in [2.45, 2.75) is 6.92 Å². The molecule has 0 aromatic carbocycles. The number of nitrogens with zero attached hydrogens (tertiary/aromatic N) is 1. The summed E-state index contributed by atoms with van der Waals surface area (Å²) in [6.45, 7) is 1.49. The van der Waals surface area contributed by atoms with E-state index in [1.165, 1.54) is 30.4 Å². The van der Waals surface area contributed by atoms with Crippen LogP contribution in [-0.4, -0.2) is 22.5 Å². The van der Waals surface area contributed by atoms with Crippen molar-refractivity contribution in [3.63, 3.8) is 0 Å². The Labute approximate surface area is 139 Å². The molecule has 1 atom stereocenters. The molecular weight excluding hydrogens is 334 g/mol. The number of ether oxygens (including phenoxy) is 1. The van der Waals surface area contributed by atoms with E-state index in [0.717, 1.165) is 16.6 Å². The number of hydrogen-bond acceptors (Lipinski definition) is 7. The molecule has 0 N–H and O–H groups in total. The van der Waals surface area contributed by atoms with Crippen molar-refractivity contribution in [2.24, 2.45) is 5.92 Å². The van der Waals surface area contributed by atoms with E-state index >= 15 is 0 Å². The number of hydrogen-bond donors (Lipinski definition) is 0. The molecule has 0 spiro atoms. The van der Waals surface area contributed by atoms with Gasteiger partial charge in [-0.3, -0.25) is 14.4 Å². The molecule has 0 aliphatic carbocycles. The molecule has 23 heavy (non-hydrogen) atoms. The third-order valence-corrected chi connectivity index (χ3v) is 4.71. The molecule has 116 valence electrons. The lowest BCUT2D eigenvalue weighted by molar-refractivity contribution is -0.151. The van der Waals surface area contributed by atoms with Gasteiger partial charge in [0.25, 0.3) is 0 Å². The first kappa shape index (κ1) is 15.5. The molecule has 5 nitrogen and oxygen atoms in total. The molecule has 3 heterocycles. The molecule has 1 unspecified atom stereocenters. The van der Waals surface area contributed by atoms with Crippen LogP contribution in [0.15, 0.2) is 40.1 Å². The van der Waals surface area contributed by atoms with E-state index in [1.807, 2.05) is 22.2 Å². The van der Waals surface area contributed by atoms with Gasteiger partial charge in [0.15, 0.2) is 17.5 Å². The Morgan fingerprint density at radius 2 is 2.17 bits per heavy atom. The van der Waals surface area contributed by atoms with Crippen molar-refractivity contribution in [3.05, 3.63) is 45.8 Å². The second kappa shape index (κ2) is 6.39. The van der Waals surface area contributed by atoms with Crippen molar-refractivity contribution in [2.75, 3.05) is 0 Å². The Kier molecular flexibility index (Phi) is 4.31. The lowest BCUT2D eigenvalue weighted by Crippen LogP contribution is -2.34. The van der Waals surface area contributed by atoms with Crippen LogP contribution in [0.2, 0.25) is 0 Å². The zero-order valence-corrected chi connectivity index (χ0v) is 13.6. The first-order valence-corrected chi connectivity index (χ1v) is 8.50. The summed E-state index contributed by atoms with van der Waals surface area (Å²) in [5, 5.41) is 6.61. The van der Waals surface area contributed by atoms with E-state index in [1.54, 1.807) is 11.3 Å². The quantitative estimate of drug-likeness (QED) is 0.484. The second-order valence-electron chi connectivity index (χ2n) is 4.84. The van der Waals surface area contributed by atoms with Gasteiger partial charge in [-0.25, -0.2) is 4.98 Å². The van der Waals surface area contributed by atoms with Crippen LogP contribution in [-0.2, 0) is 19.1 Å². The topological polar surface area (TPSA) is 73.3 Å². The van der Waals surface area contributed by atoms with Crippen LogP contribution < -0.4 is 0 Å². The third kappa shape index (κ3) is 3.35. The maximum Gasteiger partial charge on any atom is 0.329 e. The van der Waals surface area contributed by atoms with Crippen LogP contribution in [0.5, 0.6) is 0 Å². The predicted octanol–water partition coefficient (Wildman–Crippen LogP) is 3.10. The Morgan fingerprint density at radius 3 is 2.87 bits per heavy atom. The molecule has 0 bridgehead atoms. The third-order valence-electron chi connectivity index (χ3n) is 3.12. The monoisotopic (exact) mass is 345 g/mol. The SMILES string of the molecule is CC1=CC(=O)C(C(=O)/C=C/c2csc(-c3ccsc3)n2)C(=O)O1. The van der Waals surface area contributed by atoms with Crippen LogP contribution in [0.4, 0.5) is 0 Å². The molecule has 3 rings (SSSR count). The van der Waals surface area contributed by atoms with Gasteiger partial charge < -0.3 is 4.74 Å². The molecule has 2 aromatic rings. The van der Waals surface area contributed by atoms with Crippen molar-refractivity contribution in [1.29, 1.82) is 0 Å². The molecule has 0 amide bonds. The molecule has 7 heteroatoms. The fourth-order valence-corrected chi connectivity index (χ4v) is 3.55. The minimum atomic E-state index is -1.41. The van der Waals surface area contributed by atoms with E-state index in [2.05, 4.69) is 4.98 Å². The number of carbonyl (C=O) groups is 3. The molecule has 1 aliphatic rings. The second-order valence-corrected chi connectivity index (χ2v) is 6.47. The van der Waals surface area contributed by atoms with E-state index in [-0.39, 0.29) is 5.76 Å². The van der Waals surface area contributed by atoms with Crippen LogP contribution in [0.25, 0.3) is 16.6 Å². The number of rotatable bonds is 4. The Hall–Kier alpha value is -2.38. The number of thiophene rings is 1. The highest BCUT2D eigenvalue weighted by Gasteiger charge is 2.36. The van der Waals surface area contributed by atoms with Gasteiger partial charge in [-0.05, 0) is 30.5 Å². The lowest BCUT2D eigenvalue weighted by Gasteiger charge is -2.15. The van der Waals surface area contributed by atoms with Gasteiger partial charge in [-0.1, -0.05) is 0 Å². The van der Waals surface area contributed by atoms with Gasteiger partial charge in [0.05, 0.1) is 5.69 Å². The molecule has 1 aliphatic heterocycles. The maximum absolute atomic E-state index is 12.1. The van der Waals surface area contributed by atoms with Crippen LogP contribution in [0.3, 0.4) is 0 Å². The fraction of sp³-hybridized carbons (Fsp3) is 0.125. The minimum absolute atomic E-state index is 0.202. The first-order chi connectivity index (χ1) is 11.0. The van der Waals surface area contributed by atoms with Gasteiger partial charge in [0, 0.05) is 22.4 Å². The lowest BCUT2D eigenvalue weighted by atomic mass is 9.96. The number of aromatic nitrogens is 1. The summed E-state index contributed by atoms with van der Waals surface area (Å²) in [6, 6.07) is 1.97. The zero-order valence-electron chi connectivity index (χ0n) is 12.0. The van der Waals surface area contributed by atoms with Gasteiger partial charge in [0.2, 0.25) is 0 Å². The Morgan fingerprint density at radius 1 is 1.35 bits per heavy atom. The highest BCUT2D eigenvalue weighted by Crippen LogP contribution is 2.26. The summed E-state index contributed by atoms with van der Waals surface area (Å²) in [4.78, 5) is 39.9. The number of carbonyl (C=O) groups excluding carboxylic acids is 3. The number of ketones is 2. The van der Waals surface area contributed by atoms with E-state index in [4.69, 9.17) is 4.74 Å². The Bertz CT molecular complexity index is 830. The van der Waals surface area contributed by atoms with Gasteiger partial charge in [-0.15, -0.1) is 11.3 Å². The smallest absolute Gasteiger partial charge is 0.329 e. The van der Waals surface area contributed by atoms with Gasteiger partial charge >= 0.3 is 5.97 Å². The largest absolute Gasteiger partial charge is 0.430 e. The fourth-order valence-electron chi connectivity index (χ4n) is 2.05. The highest BCUT2D eigenvalue weighted by atomic mass is 32.1. The number of thiazole rings is 1. The molecule has 0 saturated carbocycles. The normalized spacial score (nSPS) is 18.1. The zero-order chi connectivity index (χ0) is 16.4. The van der Waals surface area contributed by atoms with Crippen LogP contribution in [0.1, 0.15) is 12.6 Å². The number of allylic oxidation sites excluding steroid dienone is 3. The highest BCUT2D eigenvalue weighted by molar-refractivity contribution is 7.14. The average molecular weight is 345 g/mol. The van der Waals surface area contributed by atoms with Crippen molar-refractivity contribution in [3.8, 4) is 10.6 Å². The van der Waals surface area contributed by atoms with Crippen molar-refractivity contribution >= 4 is 46.3 Å². The van der Waals surface area contributed by atoms with E-state index < -0.39 is 23.5 Å². The average Bonchev–Trinajstić information content (AvgIpc) is 3.15. The van der Waals surface area contributed by atoms with E-state index in [9.17, 15) is 14.4 Å². The molecule has 0 fully saturated rings. The van der Waals surface area contributed by atoms with Gasteiger partial charge in [0.1, 0.15) is 10.8 Å². The number of esters is 1. The first-order valence-electron chi connectivity index (χ1n) is 6.68. The van der Waals surface area contributed by atoms with Gasteiger partial charge in [-0.2, -0.15) is 11.3 Å². The molecule has 2 aromatic heterocycles. The van der Waals surface area contributed by atoms with E-state index in [0.29, 0.717) is 5.69 Å². The maximum atomic E-state index is 12.1. The molecular formula is C16H11NO4S2. The summed E-state index contributed by atoms with van der Waals surface area (Å²) in [7, 11) is 0. The van der Waals surface area contributed by atoms with Crippen LogP contribution in [0, 0.1) is 5.92 Å². The predicted molar refractivity (Wildman–Crippen MR) is 87.8 cm³/mol. The summed E-state index contributed by atoms with van der Waals surface area (Å²) in [5.74, 6) is -3.20. The van der Waals surface area contributed by atoms with Crippen molar-refractivity contribution < 1.29 is 19.1 Å². The molecule has 0 saturated heterocycles. The minimum Gasteiger partial charge on any atom is -0.430 e. The summed E-state index contributed by atoms with van der Waals surface area (Å²) >= 11 is 3.04.